The van der Waals surface area contributed by atoms with Crippen molar-refractivity contribution in [2.45, 2.75) is 128 Å². The Hall–Kier alpha value is -2.28. The van der Waals surface area contributed by atoms with Crippen molar-refractivity contribution in [1.29, 1.82) is 0 Å². The van der Waals surface area contributed by atoms with Crippen molar-refractivity contribution < 1.29 is 29.6 Å². The van der Waals surface area contributed by atoms with Crippen molar-refractivity contribution in [2.75, 3.05) is 26.4 Å². The minimum atomic E-state index is -0.552. The van der Waals surface area contributed by atoms with E-state index in [1.165, 1.54) is 108 Å². The number of benzene rings is 1. The molecular weight excluding hydrogens is 600 g/mol. The quantitative estimate of drug-likeness (QED) is 0.0667. The number of hydrogen-bond acceptors (Lipinski definition) is 6. The van der Waals surface area contributed by atoms with Crippen LogP contribution in [0.3, 0.4) is 0 Å². The van der Waals surface area contributed by atoms with E-state index in [1.54, 1.807) is 5.56 Å². The van der Waals surface area contributed by atoms with E-state index < -0.39 is 5.97 Å². The zero-order valence-corrected chi connectivity index (χ0v) is 30.0. The predicted octanol–water partition coefficient (Wildman–Crippen LogP) is 8.52. The molecule has 3 saturated carbocycles. The summed E-state index contributed by atoms with van der Waals surface area (Å²) >= 11 is 0. The average Bonchev–Trinajstić information content (AvgIpc) is 3.14. The summed E-state index contributed by atoms with van der Waals surface area (Å²) in [7, 11) is 0. The van der Waals surface area contributed by atoms with Gasteiger partial charge in [-0.1, -0.05) is 82.9 Å². The normalized spacial score (nSPS) is 26.4. The molecule has 0 bridgehead atoms. The van der Waals surface area contributed by atoms with Crippen LogP contribution < -0.4 is 0 Å². The molecule has 0 spiro atoms. The maximum Gasteiger partial charge on any atom is 0.335 e. The van der Waals surface area contributed by atoms with Crippen LogP contribution in [0.15, 0.2) is 48.6 Å². The molecule has 1 aromatic carbocycles. The molecule has 0 amide bonds. The van der Waals surface area contributed by atoms with Crippen LogP contribution in [0.2, 0.25) is 0 Å². The van der Waals surface area contributed by atoms with Crippen molar-refractivity contribution in [3.63, 3.8) is 0 Å². The lowest BCUT2D eigenvalue weighted by atomic mass is 9.67. The molecule has 270 valence electrons. The number of ether oxygens (including phenoxy) is 1. The first-order chi connectivity index (χ1) is 23.3. The number of aryl methyl sites for hydroxylation is 1. The molecule has 48 heavy (non-hydrogen) atoms. The van der Waals surface area contributed by atoms with E-state index in [0.717, 1.165) is 42.4 Å². The van der Waals surface area contributed by atoms with Gasteiger partial charge in [0.05, 0.1) is 25.4 Å². The molecular formula is C42H66O6. The highest BCUT2D eigenvalue weighted by atomic mass is 16.5. The summed E-state index contributed by atoms with van der Waals surface area (Å²) in [5, 5.41) is 27.0. The third-order valence-corrected chi connectivity index (χ3v) is 11.9. The predicted molar refractivity (Wildman–Crippen MR) is 195 cm³/mol. The molecule has 0 aromatic heterocycles. The summed E-state index contributed by atoms with van der Waals surface area (Å²) in [6.07, 6.45) is 24.6. The zero-order valence-electron chi connectivity index (χ0n) is 30.0. The monoisotopic (exact) mass is 666 g/mol. The molecule has 3 fully saturated rings. The van der Waals surface area contributed by atoms with E-state index in [2.05, 4.69) is 44.3 Å². The molecule has 0 heterocycles. The van der Waals surface area contributed by atoms with Gasteiger partial charge in [-0.3, -0.25) is 4.79 Å². The second-order valence-electron chi connectivity index (χ2n) is 15.2. The summed E-state index contributed by atoms with van der Waals surface area (Å²) in [5.41, 5.74) is 3.40. The maximum atomic E-state index is 11.8. The van der Waals surface area contributed by atoms with Crippen molar-refractivity contribution in [3.8, 4) is 0 Å². The Bertz CT molecular complexity index is 1070. The van der Waals surface area contributed by atoms with Crippen LogP contribution in [-0.4, -0.2) is 54.0 Å². The Balaban J connectivity index is 0.000000952. The van der Waals surface area contributed by atoms with Crippen molar-refractivity contribution in [3.05, 3.63) is 59.7 Å². The summed E-state index contributed by atoms with van der Waals surface area (Å²) in [5.74, 6) is 4.18. The van der Waals surface area contributed by atoms with E-state index in [9.17, 15) is 14.7 Å². The topological polar surface area (TPSA) is 104 Å². The highest BCUT2D eigenvalue weighted by Crippen LogP contribution is 2.44. The summed E-state index contributed by atoms with van der Waals surface area (Å²) in [6, 6.07) is 9.75. The number of aliphatic hydroxyl groups is 3. The number of esters is 1. The lowest BCUT2D eigenvalue weighted by Gasteiger charge is -2.39. The van der Waals surface area contributed by atoms with Crippen LogP contribution in [0.5, 0.6) is 0 Å². The molecule has 3 aliphatic carbocycles. The van der Waals surface area contributed by atoms with E-state index >= 15 is 0 Å². The molecule has 6 heteroatoms. The van der Waals surface area contributed by atoms with E-state index in [4.69, 9.17) is 14.9 Å². The summed E-state index contributed by atoms with van der Waals surface area (Å²) < 4.78 is 5.30. The lowest BCUT2D eigenvalue weighted by molar-refractivity contribution is -0.142. The molecule has 1 aromatic rings. The second-order valence-corrected chi connectivity index (χ2v) is 15.2. The van der Waals surface area contributed by atoms with Gasteiger partial charge in [0.25, 0.3) is 0 Å². The first kappa shape index (κ1) is 40.2. The number of unbranched alkanes of at least 4 members (excludes halogenated alkanes) is 2. The first-order valence-corrected chi connectivity index (χ1v) is 19.2. The van der Waals surface area contributed by atoms with Gasteiger partial charge in [-0.15, -0.1) is 0 Å². The number of aldehydes is 1. The van der Waals surface area contributed by atoms with Gasteiger partial charge in [-0.05, 0) is 124 Å². The number of carbonyl (C=O) groups is 2. The number of aliphatic hydroxyl groups excluding tert-OH is 3. The molecule has 0 saturated heterocycles. The Kier molecular flexibility index (Phi) is 18.8. The summed E-state index contributed by atoms with van der Waals surface area (Å²) in [6.45, 7) is 8.65. The van der Waals surface area contributed by atoms with Gasteiger partial charge in [-0.2, -0.15) is 0 Å². The van der Waals surface area contributed by atoms with Crippen LogP contribution >= 0.6 is 0 Å². The average molecular weight is 667 g/mol. The molecule has 1 atom stereocenters. The van der Waals surface area contributed by atoms with Crippen LogP contribution in [-0.2, 0) is 20.7 Å². The molecule has 3 N–H and O–H groups in total. The first-order valence-electron chi connectivity index (χ1n) is 19.2. The van der Waals surface area contributed by atoms with Crippen LogP contribution in [0.4, 0.5) is 0 Å². The van der Waals surface area contributed by atoms with Gasteiger partial charge >= 0.3 is 5.97 Å². The van der Waals surface area contributed by atoms with Crippen molar-refractivity contribution >= 4 is 12.3 Å². The minimum absolute atomic E-state index is 0.0125. The van der Waals surface area contributed by atoms with E-state index in [-0.39, 0.29) is 43.5 Å². The lowest BCUT2D eigenvalue weighted by Crippen LogP contribution is -2.32. The SMILES string of the molecule is C=C(C=O)CO.C=C(CO)C(=O)OCC(CO)C1CCC(C2CCC(CCc3ccc(C4CCC(CCCCC)CC4)cc3)CC2)CC1. The zero-order chi connectivity index (χ0) is 34.7. The minimum Gasteiger partial charge on any atom is -0.462 e. The molecule has 3 aliphatic rings. The Morgan fingerprint density at radius 3 is 1.92 bits per heavy atom. The third-order valence-electron chi connectivity index (χ3n) is 11.9. The van der Waals surface area contributed by atoms with Gasteiger partial charge in [0, 0.05) is 18.1 Å². The van der Waals surface area contributed by atoms with Gasteiger partial charge in [-0.25, -0.2) is 4.79 Å². The number of hydrogen-bond donors (Lipinski definition) is 3. The van der Waals surface area contributed by atoms with Crippen LogP contribution in [0, 0.1) is 35.5 Å². The fraction of sp³-hybridized carbons (Fsp3) is 0.714. The molecule has 6 nitrogen and oxygen atoms in total. The fourth-order valence-corrected chi connectivity index (χ4v) is 8.56. The second kappa shape index (κ2) is 22.4. The smallest absolute Gasteiger partial charge is 0.335 e. The van der Waals surface area contributed by atoms with Gasteiger partial charge < -0.3 is 20.1 Å². The van der Waals surface area contributed by atoms with Gasteiger partial charge in [0.2, 0.25) is 0 Å². The van der Waals surface area contributed by atoms with Crippen molar-refractivity contribution in [2.24, 2.45) is 35.5 Å². The standard InChI is InChI=1S/C38H60O4.C4H6O2/c1-3-4-5-6-29-9-15-32(16-10-29)33-17-11-30(12-18-33)7-8-31-13-19-34(20-14-31)35-21-23-36(24-22-35)37(26-40)27-42-38(41)28(2)25-39;1-4(2-5)3-6/h11-12,17-18,29,31-32,34-37,39-40H,2-10,13-16,19-27H2,1H3;2,6H,1,3H2. The highest BCUT2D eigenvalue weighted by Gasteiger charge is 2.33. The Morgan fingerprint density at radius 2 is 1.40 bits per heavy atom. The van der Waals surface area contributed by atoms with Gasteiger partial charge in [0.1, 0.15) is 6.29 Å². The Morgan fingerprint density at radius 1 is 0.812 bits per heavy atom. The fourth-order valence-electron chi connectivity index (χ4n) is 8.56. The number of carbonyl (C=O) groups excluding carboxylic acids is 2. The van der Waals surface area contributed by atoms with Crippen molar-refractivity contribution in [1.82, 2.24) is 0 Å². The number of rotatable bonds is 17. The molecule has 0 radical (unpaired) electrons. The highest BCUT2D eigenvalue weighted by molar-refractivity contribution is 5.87. The van der Waals surface area contributed by atoms with E-state index in [0.29, 0.717) is 12.2 Å². The Labute approximate surface area is 291 Å². The van der Waals surface area contributed by atoms with Crippen LogP contribution in [0.25, 0.3) is 0 Å². The molecule has 0 aliphatic heterocycles. The summed E-state index contributed by atoms with van der Waals surface area (Å²) in [4.78, 5) is 21.3. The molecule has 1 unspecified atom stereocenters. The van der Waals surface area contributed by atoms with E-state index in [1.807, 2.05) is 0 Å². The third kappa shape index (κ3) is 13.6. The maximum absolute atomic E-state index is 11.8. The van der Waals surface area contributed by atoms with Gasteiger partial charge in [0.15, 0.2) is 0 Å². The largest absolute Gasteiger partial charge is 0.462 e. The molecule has 4 rings (SSSR count). The van der Waals surface area contributed by atoms with Crippen LogP contribution in [0.1, 0.15) is 133 Å².